The van der Waals surface area contributed by atoms with Crippen LogP contribution >= 0.6 is 0 Å². The summed E-state index contributed by atoms with van der Waals surface area (Å²) >= 11 is 0. The molecule has 2 aliphatic heterocycles. The molecule has 7 nitrogen and oxygen atoms in total. The third kappa shape index (κ3) is 4.35. The van der Waals surface area contributed by atoms with Gasteiger partial charge in [0.25, 0.3) is 0 Å². The van der Waals surface area contributed by atoms with Crippen molar-refractivity contribution in [2.45, 2.75) is 31.9 Å². The van der Waals surface area contributed by atoms with E-state index in [4.69, 9.17) is 14.2 Å². The molecule has 7 heteroatoms. The van der Waals surface area contributed by atoms with E-state index < -0.39 is 0 Å². The maximum Gasteiger partial charge on any atom is 0.231 e. The van der Waals surface area contributed by atoms with Gasteiger partial charge < -0.3 is 24.8 Å². The lowest BCUT2D eigenvalue weighted by atomic mass is 10.2. The Balaban J connectivity index is 1.38. The molecular weight excluding hydrogens is 300 g/mol. The molecule has 2 N–H and O–H groups in total. The van der Waals surface area contributed by atoms with Crippen LogP contribution in [0, 0.1) is 0 Å². The van der Waals surface area contributed by atoms with Crippen LogP contribution in [0.5, 0.6) is 11.5 Å². The number of nitrogens with one attached hydrogen (secondary N) is 2. The Kier molecular flexibility index (Phi) is 4.97. The van der Waals surface area contributed by atoms with E-state index in [0.717, 1.165) is 25.0 Å². The lowest BCUT2D eigenvalue weighted by molar-refractivity contribution is -0.129. The van der Waals surface area contributed by atoms with Gasteiger partial charge in [-0.2, -0.15) is 0 Å². The van der Waals surface area contributed by atoms with Crippen molar-refractivity contribution < 1.29 is 23.8 Å². The zero-order valence-corrected chi connectivity index (χ0v) is 12.8. The first-order valence-electron chi connectivity index (χ1n) is 7.74. The van der Waals surface area contributed by atoms with Crippen molar-refractivity contribution in [1.82, 2.24) is 10.6 Å². The van der Waals surface area contributed by atoms with Crippen molar-refractivity contribution in [2.24, 2.45) is 0 Å². The predicted molar refractivity (Wildman–Crippen MR) is 81.0 cm³/mol. The Labute approximate surface area is 134 Å². The third-order valence-corrected chi connectivity index (χ3v) is 3.80. The van der Waals surface area contributed by atoms with Gasteiger partial charge in [0.2, 0.25) is 18.6 Å². The van der Waals surface area contributed by atoms with Crippen molar-refractivity contribution in [1.29, 1.82) is 0 Å². The van der Waals surface area contributed by atoms with Gasteiger partial charge in [-0.1, -0.05) is 6.07 Å². The summed E-state index contributed by atoms with van der Waals surface area (Å²) in [6, 6.07) is 5.48. The minimum atomic E-state index is -0.312. The van der Waals surface area contributed by atoms with Crippen molar-refractivity contribution in [3.8, 4) is 11.5 Å². The van der Waals surface area contributed by atoms with Gasteiger partial charge in [0.1, 0.15) is 6.42 Å². The lowest BCUT2D eigenvalue weighted by Gasteiger charge is -2.11. The first kappa shape index (κ1) is 15.6. The molecule has 1 unspecified atom stereocenters. The van der Waals surface area contributed by atoms with Crippen molar-refractivity contribution in [3.05, 3.63) is 23.8 Å². The maximum absolute atomic E-state index is 11.8. The Morgan fingerprint density at radius 3 is 2.78 bits per heavy atom. The van der Waals surface area contributed by atoms with Gasteiger partial charge in [0, 0.05) is 19.7 Å². The van der Waals surface area contributed by atoms with E-state index in [1.54, 1.807) is 6.07 Å². The molecular formula is C16H20N2O5. The maximum atomic E-state index is 11.8. The van der Waals surface area contributed by atoms with E-state index >= 15 is 0 Å². The van der Waals surface area contributed by atoms with E-state index in [2.05, 4.69) is 10.6 Å². The molecule has 23 heavy (non-hydrogen) atoms. The minimum absolute atomic E-state index is 0.0793. The number of hydrogen-bond donors (Lipinski definition) is 2. The average Bonchev–Trinajstić information content (AvgIpc) is 3.21. The molecule has 1 aromatic rings. The average molecular weight is 320 g/mol. The number of benzene rings is 1. The van der Waals surface area contributed by atoms with Gasteiger partial charge in [-0.25, -0.2) is 0 Å². The lowest BCUT2D eigenvalue weighted by Crippen LogP contribution is -2.35. The highest BCUT2D eigenvalue weighted by Gasteiger charge is 2.17. The highest BCUT2D eigenvalue weighted by atomic mass is 16.7. The van der Waals surface area contributed by atoms with Gasteiger partial charge in [-0.05, 0) is 30.5 Å². The van der Waals surface area contributed by atoms with E-state index in [1.807, 2.05) is 12.1 Å². The normalized spacial score (nSPS) is 18.7. The summed E-state index contributed by atoms with van der Waals surface area (Å²) in [7, 11) is 0. The number of rotatable bonds is 6. The zero-order chi connectivity index (χ0) is 16.1. The second-order valence-electron chi connectivity index (χ2n) is 5.58. The molecule has 1 saturated heterocycles. The molecule has 1 fully saturated rings. The Bertz CT molecular complexity index is 584. The fraction of sp³-hybridized carbons (Fsp3) is 0.500. The fourth-order valence-corrected chi connectivity index (χ4v) is 2.56. The van der Waals surface area contributed by atoms with Crippen LogP contribution in [0.2, 0.25) is 0 Å². The van der Waals surface area contributed by atoms with Gasteiger partial charge in [-0.15, -0.1) is 0 Å². The van der Waals surface area contributed by atoms with E-state index in [1.165, 1.54) is 0 Å². The summed E-state index contributed by atoms with van der Waals surface area (Å²) in [5.41, 5.74) is 0.891. The molecule has 0 aromatic heterocycles. The summed E-state index contributed by atoms with van der Waals surface area (Å²) in [6.45, 7) is 1.77. The number of fused-ring (bicyclic) bond motifs is 1. The number of amides is 2. The first-order valence-corrected chi connectivity index (χ1v) is 7.74. The van der Waals surface area contributed by atoms with Crippen LogP contribution in [0.3, 0.4) is 0 Å². The SMILES string of the molecule is O=C(CC(=O)NCC1CCCO1)NCc1ccc2c(c1)OCO2. The molecule has 0 saturated carbocycles. The highest BCUT2D eigenvalue weighted by molar-refractivity contribution is 5.96. The molecule has 0 radical (unpaired) electrons. The van der Waals surface area contributed by atoms with Gasteiger partial charge in [0.15, 0.2) is 11.5 Å². The standard InChI is InChI=1S/C16H20N2O5/c19-15(7-16(20)18-9-12-2-1-5-21-12)17-8-11-3-4-13-14(6-11)23-10-22-13/h3-4,6,12H,1-2,5,7-10H2,(H,17,19)(H,18,20). The second-order valence-corrected chi connectivity index (χ2v) is 5.58. The quantitative estimate of drug-likeness (QED) is 0.754. The van der Waals surface area contributed by atoms with Gasteiger partial charge >= 0.3 is 0 Å². The van der Waals surface area contributed by atoms with Crippen molar-refractivity contribution >= 4 is 11.8 Å². The van der Waals surface area contributed by atoms with Crippen molar-refractivity contribution in [2.75, 3.05) is 19.9 Å². The molecule has 2 aliphatic rings. The first-order chi connectivity index (χ1) is 11.2. The molecule has 0 spiro atoms. The summed E-state index contributed by atoms with van der Waals surface area (Å²) < 4.78 is 15.9. The molecule has 1 atom stereocenters. The van der Waals surface area contributed by atoms with Gasteiger partial charge in [0.05, 0.1) is 6.10 Å². The van der Waals surface area contributed by atoms with Crippen LogP contribution in [0.1, 0.15) is 24.8 Å². The number of ether oxygens (including phenoxy) is 3. The topological polar surface area (TPSA) is 85.9 Å². The highest BCUT2D eigenvalue weighted by Crippen LogP contribution is 2.32. The van der Waals surface area contributed by atoms with E-state index in [0.29, 0.717) is 24.6 Å². The monoisotopic (exact) mass is 320 g/mol. The van der Waals surface area contributed by atoms with Crippen LogP contribution in [0.25, 0.3) is 0 Å². The molecule has 3 rings (SSSR count). The van der Waals surface area contributed by atoms with Crippen LogP contribution < -0.4 is 20.1 Å². The summed E-state index contributed by atoms with van der Waals surface area (Å²) in [6.07, 6.45) is 1.88. The molecule has 0 bridgehead atoms. The van der Waals surface area contributed by atoms with Crippen LogP contribution in [0.15, 0.2) is 18.2 Å². The van der Waals surface area contributed by atoms with Crippen LogP contribution in [-0.2, 0) is 20.9 Å². The Hall–Kier alpha value is -2.28. The minimum Gasteiger partial charge on any atom is -0.454 e. The largest absolute Gasteiger partial charge is 0.454 e. The number of carbonyl (C=O) groups excluding carboxylic acids is 2. The summed E-state index contributed by atoms with van der Waals surface area (Å²) in [5, 5.41) is 5.45. The number of hydrogen-bond acceptors (Lipinski definition) is 5. The zero-order valence-electron chi connectivity index (χ0n) is 12.8. The van der Waals surface area contributed by atoms with Crippen molar-refractivity contribution in [3.63, 3.8) is 0 Å². The molecule has 124 valence electrons. The second kappa shape index (κ2) is 7.32. The fourth-order valence-electron chi connectivity index (χ4n) is 2.56. The smallest absolute Gasteiger partial charge is 0.231 e. The number of carbonyl (C=O) groups is 2. The van der Waals surface area contributed by atoms with Gasteiger partial charge in [-0.3, -0.25) is 9.59 Å². The summed E-state index contributed by atoms with van der Waals surface area (Å²) in [5.74, 6) is 0.774. The Morgan fingerprint density at radius 2 is 1.96 bits per heavy atom. The Morgan fingerprint density at radius 1 is 1.13 bits per heavy atom. The molecule has 2 heterocycles. The predicted octanol–water partition coefficient (Wildman–Crippen LogP) is 0.717. The van der Waals surface area contributed by atoms with Crippen LogP contribution in [-0.4, -0.2) is 37.9 Å². The third-order valence-electron chi connectivity index (χ3n) is 3.80. The molecule has 0 aliphatic carbocycles. The van der Waals surface area contributed by atoms with E-state index in [9.17, 15) is 9.59 Å². The molecule has 1 aromatic carbocycles. The van der Waals surface area contributed by atoms with Crippen LogP contribution in [0.4, 0.5) is 0 Å². The summed E-state index contributed by atoms with van der Waals surface area (Å²) in [4.78, 5) is 23.5. The molecule has 2 amide bonds. The van der Waals surface area contributed by atoms with E-state index in [-0.39, 0.29) is 31.1 Å².